The number of aromatic nitrogens is 2. The van der Waals surface area contributed by atoms with E-state index in [1.807, 2.05) is 12.4 Å². The second-order valence-electron chi connectivity index (χ2n) is 4.76. The van der Waals surface area contributed by atoms with Crippen molar-refractivity contribution in [3.8, 4) is 11.1 Å². The molecule has 0 fully saturated rings. The average molecular weight is 256 g/mol. The van der Waals surface area contributed by atoms with Crippen molar-refractivity contribution in [1.82, 2.24) is 9.97 Å². The van der Waals surface area contributed by atoms with Gasteiger partial charge < -0.3 is 11.1 Å². The van der Waals surface area contributed by atoms with E-state index in [9.17, 15) is 0 Å². The number of nitrogens with two attached hydrogens (primary N) is 1. The van der Waals surface area contributed by atoms with Gasteiger partial charge in [-0.25, -0.2) is 9.97 Å². The normalized spacial score (nSPS) is 10.5. The van der Waals surface area contributed by atoms with Crippen LogP contribution in [0.1, 0.15) is 16.7 Å². The molecule has 0 saturated carbocycles. The van der Waals surface area contributed by atoms with E-state index < -0.39 is 0 Å². The number of rotatable bonds is 4. The van der Waals surface area contributed by atoms with Crippen molar-refractivity contribution < 1.29 is 0 Å². The second-order valence-corrected chi connectivity index (χ2v) is 4.76. The molecular formula is C15H20N4. The number of nitrogens with zero attached hydrogens (tertiary/aromatic N) is 2. The molecule has 0 aliphatic carbocycles. The van der Waals surface area contributed by atoms with Crippen LogP contribution < -0.4 is 11.1 Å². The molecule has 0 aliphatic heterocycles. The van der Waals surface area contributed by atoms with Crippen LogP contribution >= 0.6 is 0 Å². The van der Waals surface area contributed by atoms with Gasteiger partial charge in [0.25, 0.3) is 0 Å². The maximum Gasteiger partial charge on any atom is 0.222 e. The van der Waals surface area contributed by atoms with Crippen molar-refractivity contribution in [2.24, 2.45) is 5.73 Å². The zero-order chi connectivity index (χ0) is 13.8. The number of hydrogen-bond acceptors (Lipinski definition) is 4. The van der Waals surface area contributed by atoms with E-state index in [-0.39, 0.29) is 0 Å². The highest BCUT2D eigenvalue weighted by atomic mass is 15.1. The molecule has 0 radical (unpaired) electrons. The first-order valence-electron chi connectivity index (χ1n) is 6.46. The Labute approximate surface area is 114 Å². The lowest BCUT2D eigenvalue weighted by Gasteiger charge is -2.10. The van der Waals surface area contributed by atoms with Gasteiger partial charge in [-0.3, -0.25) is 0 Å². The molecule has 0 unspecified atom stereocenters. The van der Waals surface area contributed by atoms with Crippen LogP contribution in [0.4, 0.5) is 5.95 Å². The molecule has 0 atom stereocenters. The van der Waals surface area contributed by atoms with Gasteiger partial charge in [-0.15, -0.1) is 0 Å². The molecule has 0 amide bonds. The molecular weight excluding hydrogens is 236 g/mol. The van der Waals surface area contributed by atoms with Gasteiger partial charge in [0, 0.05) is 31.0 Å². The molecule has 4 nitrogen and oxygen atoms in total. The Morgan fingerprint density at radius 1 is 1.00 bits per heavy atom. The van der Waals surface area contributed by atoms with Crippen LogP contribution in [0.5, 0.6) is 0 Å². The van der Waals surface area contributed by atoms with Crippen LogP contribution in [0.15, 0.2) is 24.5 Å². The van der Waals surface area contributed by atoms with Gasteiger partial charge in [-0.05, 0) is 43.0 Å². The third kappa shape index (κ3) is 3.09. The molecule has 0 spiro atoms. The third-order valence-corrected chi connectivity index (χ3v) is 3.23. The molecule has 2 rings (SSSR count). The van der Waals surface area contributed by atoms with E-state index in [0.717, 1.165) is 5.56 Å². The summed E-state index contributed by atoms with van der Waals surface area (Å²) < 4.78 is 0. The lowest BCUT2D eigenvalue weighted by Crippen LogP contribution is -2.14. The van der Waals surface area contributed by atoms with Crippen molar-refractivity contribution >= 4 is 5.95 Å². The molecule has 4 heteroatoms. The fourth-order valence-corrected chi connectivity index (χ4v) is 2.01. The van der Waals surface area contributed by atoms with Gasteiger partial charge >= 0.3 is 0 Å². The van der Waals surface area contributed by atoms with E-state index in [4.69, 9.17) is 5.73 Å². The molecule has 1 aromatic heterocycles. The summed E-state index contributed by atoms with van der Waals surface area (Å²) in [6.07, 6.45) is 3.70. The predicted octanol–water partition coefficient (Wildman–Crippen LogP) is 2.44. The Bertz CT molecular complexity index is 561. The van der Waals surface area contributed by atoms with Crippen molar-refractivity contribution in [3.05, 3.63) is 41.2 Å². The SMILES string of the molecule is Cc1cc(C)c(-c2cnc(NCCN)nc2)cc1C. The van der Waals surface area contributed by atoms with Crippen molar-refractivity contribution in [2.45, 2.75) is 20.8 Å². The van der Waals surface area contributed by atoms with Crippen molar-refractivity contribution in [1.29, 1.82) is 0 Å². The van der Waals surface area contributed by atoms with Gasteiger partial charge in [-0.2, -0.15) is 0 Å². The zero-order valence-electron chi connectivity index (χ0n) is 11.7. The maximum atomic E-state index is 5.43. The van der Waals surface area contributed by atoms with E-state index >= 15 is 0 Å². The number of nitrogens with one attached hydrogen (secondary N) is 1. The van der Waals surface area contributed by atoms with Gasteiger partial charge in [-0.1, -0.05) is 12.1 Å². The fourth-order valence-electron chi connectivity index (χ4n) is 2.01. The molecule has 0 aliphatic rings. The summed E-state index contributed by atoms with van der Waals surface area (Å²) in [5, 5.41) is 3.06. The van der Waals surface area contributed by atoms with E-state index in [0.29, 0.717) is 19.0 Å². The number of aryl methyl sites for hydroxylation is 3. The Balaban J connectivity index is 2.29. The van der Waals surface area contributed by atoms with Gasteiger partial charge in [0.1, 0.15) is 0 Å². The monoisotopic (exact) mass is 256 g/mol. The van der Waals surface area contributed by atoms with Crippen molar-refractivity contribution in [3.63, 3.8) is 0 Å². The van der Waals surface area contributed by atoms with Crippen LogP contribution in [-0.2, 0) is 0 Å². The first-order chi connectivity index (χ1) is 9.11. The smallest absolute Gasteiger partial charge is 0.222 e. The molecule has 100 valence electrons. The lowest BCUT2D eigenvalue weighted by molar-refractivity contribution is 0.989. The molecule has 0 bridgehead atoms. The van der Waals surface area contributed by atoms with Crippen LogP contribution in [0, 0.1) is 20.8 Å². The molecule has 1 heterocycles. The first-order valence-corrected chi connectivity index (χ1v) is 6.46. The fraction of sp³-hybridized carbons (Fsp3) is 0.333. The van der Waals surface area contributed by atoms with Crippen LogP contribution in [0.3, 0.4) is 0 Å². The minimum Gasteiger partial charge on any atom is -0.353 e. The van der Waals surface area contributed by atoms with Crippen LogP contribution in [-0.4, -0.2) is 23.1 Å². The van der Waals surface area contributed by atoms with Gasteiger partial charge in [0.15, 0.2) is 0 Å². The second kappa shape index (κ2) is 5.80. The predicted molar refractivity (Wildman–Crippen MR) is 79.2 cm³/mol. The molecule has 2 aromatic rings. The topological polar surface area (TPSA) is 63.8 Å². The Kier molecular flexibility index (Phi) is 4.12. The Morgan fingerprint density at radius 3 is 2.26 bits per heavy atom. The van der Waals surface area contributed by atoms with Gasteiger partial charge in [0.2, 0.25) is 5.95 Å². The van der Waals surface area contributed by atoms with E-state index in [2.05, 4.69) is 48.2 Å². The average Bonchev–Trinajstić information content (AvgIpc) is 2.41. The molecule has 1 aromatic carbocycles. The maximum absolute atomic E-state index is 5.43. The molecule has 3 N–H and O–H groups in total. The van der Waals surface area contributed by atoms with Crippen LogP contribution in [0.25, 0.3) is 11.1 Å². The van der Waals surface area contributed by atoms with E-state index in [1.54, 1.807) is 0 Å². The summed E-state index contributed by atoms with van der Waals surface area (Å²) in [6, 6.07) is 4.39. The summed E-state index contributed by atoms with van der Waals surface area (Å²) >= 11 is 0. The van der Waals surface area contributed by atoms with Gasteiger partial charge in [0.05, 0.1) is 0 Å². The minimum atomic E-state index is 0.571. The molecule has 0 saturated heterocycles. The first kappa shape index (κ1) is 13.5. The quantitative estimate of drug-likeness (QED) is 0.882. The van der Waals surface area contributed by atoms with E-state index in [1.165, 1.54) is 22.3 Å². The molecule has 19 heavy (non-hydrogen) atoms. The highest BCUT2D eigenvalue weighted by molar-refractivity contribution is 5.67. The third-order valence-electron chi connectivity index (χ3n) is 3.23. The number of anilines is 1. The summed E-state index contributed by atoms with van der Waals surface area (Å²) in [5.74, 6) is 0.621. The van der Waals surface area contributed by atoms with Crippen LogP contribution in [0.2, 0.25) is 0 Å². The van der Waals surface area contributed by atoms with Crippen molar-refractivity contribution in [2.75, 3.05) is 18.4 Å². The lowest BCUT2D eigenvalue weighted by atomic mass is 9.97. The summed E-state index contributed by atoms with van der Waals surface area (Å²) in [6.45, 7) is 7.62. The zero-order valence-corrected chi connectivity index (χ0v) is 11.7. The highest BCUT2D eigenvalue weighted by Gasteiger charge is 2.06. The summed E-state index contributed by atoms with van der Waals surface area (Å²) in [7, 11) is 0. The Hall–Kier alpha value is -1.94. The summed E-state index contributed by atoms with van der Waals surface area (Å²) in [4.78, 5) is 8.62. The number of benzene rings is 1. The highest BCUT2D eigenvalue weighted by Crippen LogP contribution is 2.25. The minimum absolute atomic E-state index is 0.571. The standard InChI is InChI=1S/C15H20N4/c1-10-6-12(3)14(7-11(10)2)13-8-18-15(19-9-13)17-5-4-16/h6-9H,4-5,16H2,1-3H3,(H,17,18,19). The number of hydrogen-bond donors (Lipinski definition) is 2. The summed E-state index contributed by atoms with van der Waals surface area (Å²) in [5.41, 5.74) is 11.5. The largest absolute Gasteiger partial charge is 0.353 e. The Morgan fingerprint density at radius 2 is 1.63 bits per heavy atom.